The van der Waals surface area contributed by atoms with Gasteiger partial charge in [-0.1, -0.05) is 36.8 Å². The van der Waals surface area contributed by atoms with Crippen LogP contribution in [0.25, 0.3) is 0 Å². The van der Waals surface area contributed by atoms with Crippen LogP contribution in [0.2, 0.25) is 0 Å². The molecule has 0 aliphatic heterocycles. The van der Waals surface area contributed by atoms with Gasteiger partial charge < -0.3 is 5.32 Å². The van der Waals surface area contributed by atoms with Crippen molar-refractivity contribution in [2.45, 2.75) is 33.1 Å². The second-order valence-corrected chi connectivity index (χ2v) is 6.28. The first-order valence-corrected chi connectivity index (χ1v) is 7.69. The van der Waals surface area contributed by atoms with Gasteiger partial charge in [0.1, 0.15) is 0 Å². The summed E-state index contributed by atoms with van der Waals surface area (Å²) >= 11 is 1.81. The van der Waals surface area contributed by atoms with Crippen LogP contribution in [-0.4, -0.2) is 18.1 Å². The molecule has 0 amide bonds. The number of aromatic nitrogens is 1. The summed E-state index contributed by atoms with van der Waals surface area (Å²) in [5.41, 5.74) is 2.73. The van der Waals surface area contributed by atoms with Crippen molar-refractivity contribution >= 4 is 11.3 Å². The maximum Gasteiger partial charge on any atom is 0.0896 e. The highest BCUT2D eigenvalue weighted by molar-refractivity contribution is 7.11. The maximum absolute atomic E-state index is 4.36. The topological polar surface area (TPSA) is 24.9 Å². The first-order valence-electron chi connectivity index (χ1n) is 6.87. The fourth-order valence-corrected chi connectivity index (χ4v) is 3.08. The summed E-state index contributed by atoms with van der Waals surface area (Å²) in [5.74, 6) is 0.528. The Kier molecular flexibility index (Phi) is 5.11. The molecule has 1 aromatic carbocycles. The van der Waals surface area contributed by atoms with Crippen molar-refractivity contribution in [1.82, 2.24) is 10.3 Å². The number of aryl methyl sites for hydroxylation is 2. The van der Waals surface area contributed by atoms with Gasteiger partial charge in [0.2, 0.25) is 0 Å². The van der Waals surface area contributed by atoms with Gasteiger partial charge in [-0.2, -0.15) is 0 Å². The number of nitrogens with one attached hydrogen (secondary N) is 1. The van der Waals surface area contributed by atoms with Crippen LogP contribution >= 0.6 is 11.3 Å². The minimum absolute atomic E-state index is 0.528. The van der Waals surface area contributed by atoms with Crippen molar-refractivity contribution < 1.29 is 0 Å². The van der Waals surface area contributed by atoms with Crippen molar-refractivity contribution in [1.29, 1.82) is 0 Å². The van der Waals surface area contributed by atoms with Crippen molar-refractivity contribution in [3.8, 4) is 0 Å². The Balaban J connectivity index is 2.13. The molecular formula is C16H22N2S. The zero-order valence-electron chi connectivity index (χ0n) is 11.9. The average Bonchev–Trinajstić information content (AvgIpc) is 2.81. The summed E-state index contributed by atoms with van der Waals surface area (Å²) in [5, 5.41) is 4.63. The van der Waals surface area contributed by atoms with Crippen LogP contribution < -0.4 is 5.32 Å². The third kappa shape index (κ3) is 4.15. The van der Waals surface area contributed by atoms with E-state index in [0.717, 1.165) is 24.5 Å². The molecular weight excluding hydrogens is 252 g/mol. The molecule has 2 aromatic rings. The summed E-state index contributed by atoms with van der Waals surface area (Å²) < 4.78 is 0. The zero-order chi connectivity index (χ0) is 13.7. The monoisotopic (exact) mass is 274 g/mol. The van der Waals surface area contributed by atoms with Gasteiger partial charge in [-0.25, -0.2) is 4.98 Å². The fourth-order valence-electron chi connectivity index (χ4n) is 2.21. The fraction of sp³-hybridized carbons (Fsp3) is 0.438. The van der Waals surface area contributed by atoms with Crippen LogP contribution in [0.4, 0.5) is 0 Å². The van der Waals surface area contributed by atoms with Gasteiger partial charge in [-0.3, -0.25) is 0 Å². The molecule has 0 radical (unpaired) electrons. The Hall–Kier alpha value is -1.19. The van der Waals surface area contributed by atoms with E-state index in [2.05, 4.69) is 55.3 Å². The molecule has 0 fully saturated rings. The standard InChI is InChI=1S/C16H22N2S/c1-4-17-10-15(9-16-11-18-13(3)19-16)14-7-5-12(2)6-8-14/h5-8,11,15,17H,4,9-10H2,1-3H3. The number of hydrogen-bond donors (Lipinski definition) is 1. The van der Waals surface area contributed by atoms with Crippen molar-refractivity contribution in [2.75, 3.05) is 13.1 Å². The summed E-state index contributed by atoms with van der Waals surface area (Å²) in [7, 11) is 0. The number of thiazole rings is 1. The summed E-state index contributed by atoms with van der Waals surface area (Å²) in [4.78, 5) is 5.73. The predicted molar refractivity (Wildman–Crippen MR) is 83.0 cm³/mol. The van der Waals surface area contributed by atoms with Gasteiger partial charge in [-0.15, -0.1) is 11.3 Å². The van der Waals surface area contributed by atoms with Crippen LogP contribution in [0.15, 0.2) is 30.5 Å². The molecule has 1 atom stereocenters. The molecule has 0 saturated carbocycles. The predicted octanol–water partition coefficient (Wildman–Crippen LogP) is 3.70. The van der Waals surface area contributed by atoms with Crippen molar-refractivity contribution in [3.05, 3.63) is 51.5 Å². The SMILES string of the molecule is CCNCC(Cc1cnc(C)s1)c1ccc(C)cc1. The van der Waals surface area contributed by atoms with E-state index in [-0.39, 0.29) is 0 Å². The van der Waals surface area contributed by atoms with Crippen LogP contribution in [0.1, 0.15) is 33.9 Å². The molecule has 1 N–H and O–H groups in total. The van der Waals surface area contributed by atoms with E-state index < -0.39 is 0 Å². The molecule has 19 heavy (non-hydrogen) atoms. The van der Waals surface area contributed by atoms with E-state index in [1.54, 1.807) is 0 Å². The minimum Gasteiger partial charge on any atom is -0.316 e. The van der Waals surface area contributed by atoms with Crippen molar-refractivity contribution in [3.63, 3.8) is 0 Å². The summed E-state index contributed by atoms with van der Waals surface area (Å²) in [6.07, 6.45) is 3.09. The molecule has 1 unspecified atom stereocenters. The van der Waals surface area contributed by atoms with Gasteiger partial charge in [0.05, 0.1) is 5.01 Å². The van der Waals surface area contributed by atoms with Crippen LogP contribution in [0, 0.1) is 13.8 Å². The number of benzene rings is 1. The Labute approximate surface area is 119 Å². The largest absolute Gasteiger partial charge is 0.316 e. The second-order valence-electron chi connectivity index (χ2n) is 4.97. The van der Waals surface area contributed by atoms with Gasteiger partial charge in [0, 0.05) is 23.5 Å². The van der Waals surface area contributed by atoms with E-state index >= 15 is 0 Å². The van der Waals surface area contributed by atoms with Gasteiger partial charge in [0.25, 0.3) is 0 Å². The van der Waals surface area contributed by atoms with Crippen LogP contribution in [-0.2, 0) is 6.42 Å². The van der Waals surface area contributed by atoms with E-state index in [1.165, 1.54) is 16.0 Å². The second kappa shape index (κ2) is 6.83. The first-order chi connectivity index (χ1) is 9.19. The zero-order valence-corrected chi connectivity index (χ0v) is 12.8. The normalized spacial score (nSPS) is 12.6. The molecule has 1 aromatic heterocycles. The molecule has 2 nitrogen and oxygen atoms in total. The van der Waals surface area contributed by atoms with E-state index in [0.29, 0.717) is 5.92 Å². The van der Waals surface area contributed by atoms with E-state index in [9.17, 15) is 0 Å². The minimum atomic E-state index is 0.528. The first kappa shape index (κ1) is 14.2. The number of rotatable bonds is 6. The third-order valence-corrected chi connectivity index (χ3v) is 4.24. The quantitative estimate of drug-likeness (QED) is 0.869. The number of hydrogen-bond acceptors (Lipinski definition) is 3. The van der Waals surface area contributed by atoms with Crippen LogP contribution in [0.5, 0.6) is 0 Å². The van der Waals surface area contributed by atoms with Gasteiger partial charge in [-0.05, 0) is 32.4 Å². The molecule has 2 rings (SSSR count). The molecule has 102 valence electrons. The third-order valence-electron chi connectivity index (χ3n) is 3.31. The Morgan fingerprint density at radius 2 is 1.95 bits per heavy atom. The molecule has 0 bridgehead atoms. The lowest BCUT2D eigenvalue weighted by Gasteiger charge is -2.17. The number of nitrogens with zero attached hydrogens (tertiary/aromatic N) is 1. The molecule has 0 spiro atoms. The molecule has 1 heterocycles. The molecule has 0 aliphatic carbocycles. The molecule has 3 heteroatoms. The van der Waals surface area contributed by atoms with Crippen LogP contribution in [0.3, 0.4) is 0 Å². The Morgan fingerprint density at radius 1 is 1.21 bits per heavy atom. The molecule has 0 aliphatic rings. The lowest BCUT2D eigenvalue weighted by Crippen LogP contribution is -2.22. The summed E-state index contributed by atoms with van der Waals surface area (Å²) in [6, 6.07) is 8.91. The number of likely N-dealkylation sites (N-methyl/N-ethyl adjacent to an activating group) is 1. The Bertz CT molecular complexity index is 502. The lowest BCUT2D eigenvalue weighted by atomic mass is 9.94. The maximum atomic E-state index is 4.36. The van der Waals surface area contributed by atoms with Gasteiger partial charge >= 0.3 is 0 Å². The lowest BCUT2D eigenvalue weighted by molar-refractivity contribution is 0.598. The highest BCUT2D eigenvalue weighted by Gasteiger charge is 2.13. The molecule has 0 saturated heterocycles. The van der Waals surface area contributed by atoms with E-state index in [1.807, 2.05) is 17.5 Å². The van der Waals surface area contributed by atoms with Crippen molar-refractivity contribution in [2.24, 2.45) is 0 Å². The summed E-state index contributed by atoms with van der Waals surface area (Å²) in [6.45, 7) is 8.40. The van der Waals surface area contributed by atoms with E-state index in [4.69, 9.17) is 0 Å². The average molecular weight is 274 g/mol. The van der Waals surface area contributed by atoms with Gasteiger partial charge in [0.15, 0.2) is 0 Å². The smallest absolute Gasteiger partial charge is 0.0896 e. The Morgan fingerprint density at radius 3 is 2.53 bits per heavy atom. The highest BCUT2D eigenvalue weighted by Crippen LogP contribution is 2.24. The highest BCUT2D eigenvalue weighted by atomic mass is 32.1.